The topological polar surface area (TPSA) is 53.4 Å². The monoisotopic (exact) mass is 195 g/mol. The Balaban J connectivity index is 2.92. The lowest BCUT2D eigenvalue weighted by Crippen LogP contribution is -1.80. The van der Waals surface area contributed by atoms with Crippen molar-refractivity contribution in [3.63, 3.8) is 0 Å². The second-order valence-electron chi connectivity index (χ2n) is 2.65. The van der Waals surface area contributed by atoms with Crippen molar-refractivity contribution < 1.29 is 10.2 Å². The number of nitrogens with zero attached hydrogens (tertiary/aromatic N) is 1. The van der Waals surface area contributed by atoms with Gasteiger partial charge in [0.25, 0.3) is 0 Å². The molecule has 0 aliphatic rings. The summed E-state index contributed by atoms with van der Waals surface area (Å²) in [5.74, 6) is 0.0901. The van der Waals surface area contributed by atoms with Crippen LogP contribution in [0.3, 0.4) is 0 Å². The normalized spacial score (nSPS) is 10.5. The molecule has 0 spiro atoms. The van der Waals surface area contributed by atoms with Gasteiger partial charge in [0.05, 0.1) is 5.02 Å². The van der Waals surface area contributed by atoms with E-state index in [1.165, 1.54) is 18.3 Å². The number of aromatic hydroxyl groups is 2. The molecule has 1 aromatic carbocycles. The number of rotatable bonds is 0. The van der Waals surface area contributed by atoms with Crippen LogP contribution in [0.5, 0.6) is 11.5 Å². The van der Waals surface area contributed by atoms with Gasteiger partial charge in [-0.2, -0.15) is 0 Å². The number of fused-ring (bicyclic) bond motifs is 1. The molecule has 0 aliphatic heterocycles. The fourth-order valence-corrected chi connectivity index (χ4v) is 1.32. The molecule has 3 nitrogen and oxygen atoms in total. The number of halogens is 1. The fraction of sp³-hybridized carbons (Fsp3) is 0. The lowest BCUT2D eigenvalue weighted by Gasteiger charge is -2.02. The summed E-state index contributed by atoms with van der Waals surface area (Å²) in [6.07, 6.45) is 1.42. The molecule has 0 saturated heterocycles. The van der Waals surface area contributed by atoms with Crippen molar-refractivity contribution in [1.29, 1.82) is 0 Å². The number of benzene rings is 1. The van der Waals surface area contributed by atoms with Crippen molar-refractivity contribution in [3.05, 3.63) is 29.4 Å². The number of hydrogen-bond donors (Lipinski definition) is 2. The van der Waals surface area contributed by atoms with E-state index >= 15 is 0 Å². The summed E-state index contributed by atoms with van der Waals surface area (Å²) in [5.41, 5.74) is 0.351. The standard InChI is InChI=1S/C9H6ClNO2/c10-5-3-6-7(12)1-2-8(13)9(6)11-4-5/h1-4,12-13H. The largest absolute Gasteiger partial charge is 0.507 e. The Kier molecular flexibility index (Phi) is 1.74. The molecule has 2 rings (SSSR count). The molecule has 2 aromatic rings. The van der Waals surface area contributed by atoms with E-state index in [1.807, 2.05) is 0 Å². The number of pyridine rings is 1. The SMILES string of the molecule is Oc1ccc(O)c2ncc(Cl)cc12. The zero-order valence-electron chi connectivity index (χ0n) is 6.53. The molecule has 1 heterocycles. The van der Waals surface area contributed by atoms with Crippen molar-refractivity contribution in [2.75, 3.05) is 0 Å². The van der Waals surface area contributed by atoms with Crippen LogP contribution in [0, 0.1) is 0 Å². The first-order valence-electron chi connectivity index (χ1n) is 3.64. The van der Waals surface area contributed by atoms with Crippen molar-refractivity contribution in [2.24, 2.45) is 0 Å². The predicted molar refractivity (Wildman–Crippen MR) is 50.1 cm³/mol. The number of phenols is 2. The summed E-state index contributed by atoms with van der Waals surface area (Å²) >= 11 is 5.69. The smallest absolute Gasteiger partial charge is 0.142 e. The van der Waals surface area contributed by atoms with Gasteiger partial charge in [-0.25, -0.2) is 0 Å². The molecule has 0 fully saturated rings. The lowest BCUT2D eigenvalue weighted by molar-refractivity contribution is 0.468. The van der Waals surface area contributed by atoms with Crippen LogP contribution in [-0.4, -0.2) is 15.2 Å². The number of hydrogen-bond acceptors (Lipinski definition) is 3. The van der Waals surface area contributed by atoms with Crippen molar-refractivity contribution >= 4 is 22.5 Å². The van der Waals surface area contributed by atoms with Gasteiger partial charge >= 0.3 is 0 Å². The van der Waals surface area contributed by atoms with Gasteiger partial charge in [-0.3, -0.25) is 4.98 Å². The number of phenolic OH excluding ortho intramolecular Hbond substituents is 2. The van der Waals surface area contributed by atoms with Crippen LogP contribution >= 0.6 is 11.6 Å². The highest BCUT2D eigenvalue weighted by Gasteiger charge is 2.05. The third kappa shape index (κ3) is 1.27. The van der Waals surface area contributed by atoms with Crippen molar-refractivity contribution in [2.45, 2.75) is 0 Å². The van der Waals surface area contributed by atoms with Crippen LogP contribution in [-0.2, 0) is 0 Å². The fourth-order valence-electron chi connectivity index (χ4n) is 1.17. The molecule has 0 aliphatic carbocycles. The second kappa shape index (κ2) is 2.78. The molecule has 0 amide bonds. The maximum absolute atomic E-state index is 9.41. The van der Waals surface area contributed by atoms with E-state index in [0.717, 1.165) is 0 Å². The van der Waals surface area contributed by atoms with Gasteiger partial charge in [-0.15, -0.1) is 0 Å². The summed E-state index contributed by atoms with van der Waals surface area (Å²) in [6, 6.07) is 4.34. The quantitative estimate of drug-likeness (QED) is 0.635. The van der Waals surface area contributed by atoms with Crippen LogP contribution < -0.4 is 0 Å². The van der Waals surface area contributed by atoms with Gasteiger partial charge in [0, 0.05) is 11.6 Å². The molecule has 66 valence electrons. The van der Waals surface area contributed by atoms with E-state index in [2.05, 4.69) is 4.98 Å². The highest BCUT2D eigenvalue weighted by Crippen LogP contribution is 2.31. The minimum absolute atomic E-state index is 0.0319. The molecule has 0 bridgehead atoms. The van der Waals surface area contributed by atoms with Crippen molar-refractivity contribution in [1.82, 2.24) is 4.98 Å². The van der Waals surface area contributed by atoms with E-state index in [9.17, 15) is 10.2 Å². The summed E-state index contributed by atoms with van der Waals surface area (Å²) in [5, 5.41) is 19.7. The maximum atomic E-state index is 9.41. The van der Waals surface area contributed by atoms with Gasteiger partial charge in [0.1, 0.15) is 17.0 Å². The molecular weight excluding hydrogens is 190 g/mol. The number of aromatic nitrogens is 1. The third-order valence-corrected chi connectivity index (χ3v) is 1.98. The zero-order valence-corrected chi connectivity index (χ0v) is 7.28. The van der Waals surface area contributed by atoms with Gasteiger partial charge in [0.15, 0.2) is 0 Å². The maximum Gasteiger partial charge on any atom is 0.142 e. The predicted octanol–water partition coefficient (Wildman–Crippen LogP) is 2.30. The Morgan fingerprint density at radius 2 is 1.85 bits per heavy atom. The van der Waals surface area contributed by atoms with Gasteiger partial charge in [0.2, 0.25) is 0 Å². The Labute approximate surface area is 79.2 Å². The van der Waals surface area contributed by atoms with E-state index in [-0.39, 0.29) is 11.5 Å². The van der Waals surface area contributed by atoms with Crippen LogP contribution in [0.1, 0.15) is 0 Å². The Morgan fingerprint density at radius 1 is 1.15 bits per heavy atom. The first-order valence-corrected chi connectivity index (χ1v) is 4.02. The average molecular weight is 196 g/mol. The molecule has 1 aromatic heterocycles. The zero-order chi connectivity index (χ0) is 9.42. The van der Waals surface area contributed by atoms with E-state index in [4.69, 9.17) is 11.6 Å². The molecule has 0 unspecified atom stereocenters. The van der Waals surface area contributed by atoms with Crippen LogP contribution in [0.4, 0.5) is 0 Å². The van der Waals surface area contributed by atoms with Gasteiger partial charge in [-0.05, 0) is 18.2 Å². The molecule has 0 radical (unpaired) electrons. The lowest BCUT2D eigenvalue weighted by atomic mass is 10.2. The molecule has 4 heteroatoms. The van der Waals surface area contributed by atoms with Gasteiger partial charge in [-0.1, -0.05) is 11.6 Å². The molecule has 2 N–H and O–H groups in total. The van der Waals surface area contributed by atoms with Crippen LogP contribution in [0.25, 0.3) is 10.9 Å². The molecule has 0 atom stereocenters. The second-order valence-corrected chi connectivity index (χ2v) is 3.09. The average Bonchev–Trinajstić information content (AvgIpc) is 2.12. The molecule has 0 saturated carbocycles. The van der Waals surface area contributed by atoms with E-state index < -0.39 is 0 Å². The summed E-state index contributed by atoms with van der Waals surface area (Å²) in [4.78, 5) is 3.90. The Bertz CT molecular complexity index is 470. The first-order chi connectivity index (χ1) is 6.18. The summed E-state index contributed by atoms with van der Waals surface area (Å²) in [7, 11) is 0. The highest BCUT2D eigenvalue weighted by molar-refractivity contribution is 6.31. The minimum atomic E-state index is 0.0319. The van der Waals surface area contributed by atoms with Gasteiger partial charge < -0.3 is 10.2 Å². The van der Waals surface area contributed by atoms with Crippen molar-refractivity contribution in [3.8, 4) is 11.5 Å². The highest BCUT2D eigenvalue weighted by atomic mass is 35.5. The summed E-state index contributed by atoms with van der Waals surface area (Å²) < 4.78 is 0. The Morgan fingerprint density at radius 3 is 2.62 bits per heavy atom. The molecule has 13 heavy (non-hydrogen) atoms. The Hall–Kier alpha value is -1.48. The van der Waals surface area contributed by atoms with Crippen LogP contribution in [0.2, 0.25) is 5.02 Å². The third-order valence-electron chi connectivity index (χ3n) is 1.77. The minimum Gasteiger partial charge on any atom is -0.507 e. The summed E-state index contributed by atoms with van der Waals surface area (Å²) in [6.45, 7) is 0. The van der Waals surface area contributed by atoms with Crippen LogP contribution in [0.15, 0.2) is 24.4 Å². The van der Waals surface area contributed by atoms with E-state index in [1.54, 1.807) is 6.07 Å². The van der Waals surface area contributed by atoms with E-state index in [0.29, 0.717) is 15.9 Å². The first kappa shape index (κ1) is 8.13. The molecular formula is C9H6ClNO2.